The summed E-state index contributed by atoms with van der Waals surface area (Å²) < 4.78 is 27.7. The number of aromatic carboxylic acids is 1. The lowest BCUT2D eigenvalue weighted by molar-refractivity contribution is 0.0702. The molecule has 0 saturated heterocycles. The van der Waals surface area contributed by atoms with Crippen LogP contribution < -0.4 is 4.72 Å². The van der Waals surface area contributed by atoms with Gasteiger partial charge in [0.25, 0.3) is 0 Å². The zero-order chi connectivity index (χ0) is 15.6. The number of hydrogen-bond acceptors (Lipinski definition) is 5. The Labute approximate surface area is 135 Å². The van der Waals surface area contributed by atoms with E-state index in [0.717, 1.165) is 36.7 Å². The van der Waals surface area contributed by atoms with Gasteiger partial charge in [-0.3, -0.25) is 0 Å². The van der Waals surface area contributed by atoms with Crippen molar-refractivity contribution in [3.8, 4) is 0 Å². The van der Waals surface area contributed by atoms with Crippen LogP contribution in [0, 0.1) is 5.92 Å². The Morgan fingerprint density at radius 1 is 1.43 bits per heavy atom. The van der Waals surface area contributed by atoms with Crippen molar-refractivity contribution in [2.24, 2.45) is 5.92 Å². The molecule has 6 nitrogen and oxygen atoms in total. The van der Waals surface area contributed by atoms with E-state index in [1.165, 1.54) is 0 Å². The minimum absolute atomic E-state index is 0.0374. The topological polar surface area (TPSA) is 104 Å². The summed E-state index contributed by atoms with van der Waals surface area (Å²) in [7, 11) is -3.81. The van der Waals surface area contributed by atoms with Crippen molar-refractivity contribution in [1.29, 1.82) is 0 Å². The number of carboxylic acid groups (broad SMARTS) is 1. The van der Waals surface area contributed by atoms with Crippen LogP contribution in [0.1, 0.15) is 35.4 Å². The van der Waals surface area contributed by atoms with Crippen molar-refractivity contribution in [3.05, 3.63) is 14.7 Å². The maximum absolute atomic E-state index is 12.4. The summed E-state index contributed by atoms with van der Waals surface area (Å²) in [5.41, 5.74) is 0. The molecular weight excluding hydrogens is 382 g/mol. The van der Waals surface area contributed by atoms with Gasteiger partial charge in [-0.15, -0.1) is 11.3 Å². The summed E-state index contributed by atoms with van der Waals surface area (Å²) in [6.07, 6.45) is 3.36. The SMILES string of the molecule is O=C(O)c1cc(S(=O)(=O)NC2CCCCC2CO)c(Br)s1. The molecule has 1 aromatic heterocycles. The Morgan fingerprint density at radius 2 is 2.10 bits per heavy atom. The highest BCUT2D eigenvalue weighted by Gasteiger charge is 2.31. The van der Waals surface area contributed by atoms with E-state index >= 15 is 0 Å². The van der Waals surface area contributed by atoms with Gasteiger partial charge in [0.05, 0.1) is 3.79 Å². The maximum Gasteiger partial charge on any atom is 0.345 e. The van der Waals surface area contributed by atoms with Crippen molar-refractivity contribution < 1.29 is 23.4 Å². The summed E-state index contributed by atoms with van der Waals surface area (Å²) in [4.78, 5) is 10.8. The third-order valence-corrected chi connectivity index (χ3v) is 7.34. The molecule has 2 rings (SSSR count). The molecule has 1 aliphatic carbocycles. The molecule has 1 saturated carbocycles. The molecule has 3 N–H and O–H groups in total. The van der Waals surface area contributed by atoms with E-state index in [0.29, 0.717) is 6.42 Å². The van der Waals surface area contributed by atoms with Crippen LogP contribution in [0.2, 0.25) is 0 Å². The first-order valence-electron chi connectivity index (χ1n) is 6.51. The van der Waals surface area contributed by atoms with Gasteiger partial charge < -0.3 is 10.2 Å². The monoisotopic (exact) mass is 397 g/mol. The average molecular weight is 398 g/mol. The van der Waals surface area contributed by atoms with Crippen molar-refractivity contribution in [2.45, 2.75) is 36.6 Å². The number of carbonyl (C=O) groups is 1. The lowest BCUT2D eigenvalue weighted by atomic mass is 9.86. The third kappa shape index (κ3) is 3.84. The number of aliphatic hydroxyl groups excluding tert-OH is 1. The third-order valence-electron chi connectivity index (χ3n) is 3.61. The van der Waals surface area contributed by atoms with E-state index in [2.05, 4.69) is 20.7 Å². The summed E-state index contributed by atoms with van der Waals surface area (Å²) in [6, 6.07) is 0.838. The van der Waals surface area contributed by atoms with E-state index in [1.54, 1.807) is 0 Å². The van der Waals surface area contributed by atoms with Gasteiger partial charge in [-0.05, 0) is 40.8 Å². The van der Waals surface area contributed by atoms with Gasteiger partial charge in [0.15, 0.2) is 0 Å². The van der Waals surface area contributed by atoms with Crippen LogP contribution in [0.3, 0.4) is 0 Å². The van der Waals surface area contributed by atoms with Gasteiger partial charge >= 0.3 is 5.97 Å². The van der Waals surface area contributed by atoms with E-state index < -0.39 is 16.0 Å². The van der Waals surface area contributed by atoms with Crippen LogP contribution in [-0.2, 0) is 10.0 Å². The highest BCUT2D eigenvalue weighted by atomic mass is 79.9. The van der Waals surface area contributed by atoms with E-state index in [1.807, 2.05) is 0 Å². The Bertz CT molecular complexity index is 628. The number of rotatable bonds is 5. The molecule has 21 heavy (non-hydrogen) atoms. The zero-order valence-electron chi connectivity index (χ0n) is 11.1. The lowest BCUT2D eigenvalue weighted by Crippen LogP contribution is -2.43. The molecule has 1 heterocycles. The van der Waals surface area contributed by atoms with E-state index in [-0.39, 0.29) is 32.1 Å². The van der Waals surface area contributed by atoms with Crippen LogP contribution >= 0.6 is 27.3 Å². The Morgan fingerprint density at radius 3 is 2.67 bits per heavy atom. The van der Waals surface area contributed by atoms with Gasteiger partial charge in [-0.1, -0.05) is 12.8 Å². The highest BCUT2D eigenvalue weighted by Crippen LogP contribution is 2.33. The molecule has 2 atom stereocenters. The van der Waals surface area contributed by atoms with E-state index in [9.17, 15) is 18.3 Å². The molecule has 2 unspecified atom stereocenters. The minimum atomic E-state index is -3.81. The Hall–Kier alpha value is -0.480. The fourth-order valence-corrected chi connectivity index (χ4v) is 6.23. The normalized spacial score (nSPS) is 23.1. The first kappa shape index (κ1) is 16.9. The number of sulfonamides is 1. The standard InChI is InChI=1S/C12H16BrNO5S2/c13-11-10(5-9(20-11)12(16)17)21(18,19)14-8-4-2-1-3-7(8)6-15/h5,7-8,14-15H,1-4,6H2,(H,16,17). The van der Waals surface area contributed by atoms with Crippen LogP contribution in [0.15, 0.2) is 14.7 Å². The second-order valence-corrected chi connectivity index (χ2v) is 9.06. The van der Waals surface area contributed by atoms with Gasteiger partial charge in [0.2, 0.25) is 10.0 Å². The largest absolute Gasteiger partial charge is 0.477 e. The molecule has 0 aliphatic heterocycles. The molecule has 1 fully saturated rings. The Kier molecular flexibility index (Phi) is 5.42. The predicted octanol–water partition coefficient (Wildman–Crippen LogP) is 2.04. The van der Waals surface area contributed by atoms with Gasteiger partial charge in [0.1, 0.15) is 9.77 Å². The van der Waals surface area contributed by atoms with Gasteiger partial charge in [-0.2, -0.15) is 0 Å². The number of carboxylic acids is 1. The number of thiophene rings is 1. The summed E-state index contributed by atoms with van der Waals surface area (Å²) >= 11 is 3.97. The summed E-state index contributed by atoms with van der Waals surface area (Å²) in [5.74, 6) is -1.25. The van der Waals surface area contributed by atoms with Gasteiger partial charge in [-0.25, -0.2) is 17.9 Å². The minimum Gasteiger partial charge on any atom is -0.477 e. The van der Waals surface area contributed by atoms with Gasteiger partial charge in [0, 0.05) is 12.6 Å². The second-order valence-electron chi connectivity index (χ2n) is 5.01. The number of nitrogens with one attached hydrogen (secondary N) is 1. The van der Waals surface area contributed by atoms with Crippen LogP contribution in [0.5, 0.6) is 0 Å². The number of halogens is 1. The molecule has 118 valence electrons. The molecule has 0 amide bonds. The quantitative estimate of drug-likeness (QED) is 0.704. The fraction of sp³-hybridized carbons (Fsp3) is 0.583. The highest BCUT2D eigenvalue weighted by molar-refractivity contribution is 9.11. The van der Waals surface area contributed by atoms with Crippen molar-refractivity contribution in [3.63, 3.8) is 0 Å². The predicted molar refractivity (Wildman–Crippen MR) is 82.1 cm³/mol. The van der Waals surface area contributed by atoms with Crippen LogP contribution in [0.4, 0.5) is 0 Å². The van der Waals surface area contributed by atoms with Crippen molar-refractivity contribution in [2.75, 3.05) is 6.61 Å². The molecule has 0 radical (unpaired) electrons. The van der Waals surface area contributed by atoms with Crippen LogP contribution in [0.25, 0.3) is 0 Å². The number of hydrogen-bond donors (Lipinski definition) is 3. The maximum atomic E-state index is 12.4. The first-order valence-corrected chi connectivity index (χ1v) is 9.60. The smallest absolute Gasteiger partial charge is 0.345 e. The first-order chi connectivity index (χ1) is 9.85. The molecule has 1 aliphatic rings. The average Bonchev–Trinajstić information content (AvgIpc) is 2.82. The molecule has 0 bridgehead atoms. The number of aliphatic hydroxyl groups is 1. The molecular formula is C12H16BrNO5S2. The molecule has 9 heteroatoms. The van der Waals surface area contributed by atoms with E-state index in [4.69, 9.17) is 5.11 Å². The molecule has 1 aromatic rings. The molecule has 0 spiro atoms. The second kappa shape index (κ2) is 6.74. The molecule has 0 aromatic carbocycles. The van der Waals surface area contributed by atoms with Crippen LogP contribution in [-0.4, -0.2) is 37.2 Å². The van der Waals surface area contributed by atoms with Crippen molar-refractivity contribution >= 4 is 43.3 Å². The zero-order valence-corrected chi connectivity index (χ0v) is 14.3. The summed E-state index contributed by atoms with van der Waals surface area (Å²) in [5, 5.41) is 18.3. The fourth-order valence-electron chi connectivity index (χ4n) is 2.48. The summed E-state index contributed by atoms with van der Waals surface area (Å²) in [6.45, 7) is -0.0572. The lowest BCUT2D eigenvalue weighted by Gasteiger charge is -2.30. The Balaban J connectivity index is 2.23. The van der Waals surface area contributed by atoms with Crippen molar-refractivity contribution in [1.82, 2.24) is 4.72 Å².